The van der Waals surface area contributed by atoms with Gasteiger partial charge in [0.2, 0.25) is 5.91 Å². The number of para-hydroxylation sites is 1. The molecular weight excluding hydrogens is 469 g/mol. The number of non-ortho nitro benzene ring substituents is 1. The van der Waals surface area contributed by atoms with Gasteiger partial charge in [-0.2, -0.15) is 0 Å². The van der Waals surface area contributed by atoms with E-state index < -0.39 is 34.8 Å². The van der Waals surface area contributed by atoms with Crippen molar-refractivity contribution in [3.63, 3.8) is 0 Å². The van der Waals surface area contributed by atoms with Crippen molar-refractivity contribution in [2.45, 2.75) is 12.1 Å². The molecule has 3 aromatic rings. The van der Waals surface area contributed by atoms with Gasteiger partial charge in [-0.15, -0.1) is 0 Å². The molecule has 166 valence electrons. The van der Waals surface area contributed by atoms with Crippen molar-refractivity contribution in [2.75, 3.05) is 9.96 Å². The maximum atomic E-state index is 13.6. The van der Waals surface area contributed by atoms with Crippen LogP contribution in [0.25, 0.3) is 0 Å². The Bertz CT molecular complexity index is 1270. The number of rotatable bonds is 4. The van der Waals surface area contributed by atoms with Crippen molar-refractivity contribution < 1.29 is 19.3 Å². The number of nitro groups is 1. The summed E-state index contributed by atoms with van der Waals surface area (Å²) in [6, 6.07) is 18.6. The van der Waals surface area contributed by atoms with Gasteiger partial charge in [0.1, 0.15) is 5.92 Å². The molecule has 0 spiro atoms. The predicted octanol–water partition coefficient (Wildman–Crippen LogP) is 4.95. The van der Waals surface area contributed by atoms with E-state index in [0.717, 1.165) is 4.90 Å². The number of carbonyl (C=O) groups is 2. The van der Waals surface area contributed by atoms with Crippen LogP contribution in [0.1, 0.15) is 11.6 Å². The van der Waals surface area contributed by atoms with Gasteiger partial charge in [-0.25, -0.2) is 9.96 Å². The monoisotopic (exact) mass is 483 g/mol. The molecule has 3 atom stereocenters. The zero-order valence-electron chi connectivity index (χ0n) is 16.8. The predicted molar refractivity (Wildman–Crippen MR) is 122 cm³/mol. The van der Waals surface area contributed by atoms with Crippen LogP contribution in [-0.2, 0) is 14.4 Å². The number of hydroxylamine groups is 1. The number of fused-ring (bicyclic) bond motifs is 1. The Hall–Kier alpha value is -3.46. The number of anilines is 2. The van der Waals surface area contributed by atoms with Crippen molar-refractivity contribution in [3.05, 3.63) is 98.5 Å². The minimum Gasteiger partial charge on any atom is -0.273 e. The summed E-state index contributed by atoms with van der Waals surface area (Å²) in [6.45, 7) is 0. The van der Waals surface area contributed by atoms with Crippen LogP contribution in [-0.4, -0.2) is 22.8 Å². The number of amides is 2. The van der Waals surface area contributed by atoms with E-state index in [9.17, 15) is 19.7 Å². The van der Waals surface area contributed by atoms with Crippen LogP contribution in [0.4, 0.5) is 17.1 Å². The van der Waals surface area contributed by atoms with Gasteiger partial charge in [0, 0.05) is 22.2 Å². The van der Waals surface area contributed by atoms with E-state index >= 15 is 0 Å². The third-order valence-corrected chi connectivity index (χ3v) is 6.29. The van der Waals surface area contributed by atoms with Gasteiger partial charge < -0.3 is 0 Å². The molecule has 0 radical (unpaired) electrons. The van der Waals surface area contributed by atoms with Gasteiger partial charge in [-0.3, -0.25) is 24.5 Å². The van der Waals surface area contributed by atoms with Crippen molar-refractivity contribution in [3.8, 4) is 0 Å². The van der Waals surface area contributed by atoms with E-state index in [4.69, 9.17) is 28.0 Å². The molecule has 2 heterocycles. The summed E-state index contributed by atoms with van der Waals surface area (Å²) in [6.07, 6.45) is -1.08. The minimum atomic E-state index is -1.08. The van der Waals surface area contributed by atoms with Crippen LogP contribution in [0.15, 0.2) is 72.8 Å². The van der Waals surface area contributed by atoms with Crippen LogP contribution in [0.5, 0.6) is 0 Å². The molecule has 33 heavy (non-hydrogen) atoms. The fourth-order valence-corrected chi connectivity index (χ4v) is 4.77. The van der Waals surface area contributed by atoms with Gasteiger partial charge in [0.25, 0.3) is 11.6 Å². The lowest BCUT2D eigenvalue weighted by atomic mass is 9.90. The Kier molecular flexibility index (Phi) is 5.28. The van der Waals surface area contributed by atoms with Gasteiger partial charge >= 0.3 is 0 Å². The molecule has 0 bridgehead atoms. The first kappa shape index (κ1) is 21.4. The van der Waals surface area contributed by atoms with Crippen LogP contribution < -0.4 is 9.96 Å². The lowest BCUT2D eigenvalue weighted by molar-refractivity contribution is -0.384. The van der Waals surface area contributed by atoms with E-state index in [1.165, 1.54) is 29.3 Å². The second kappa shape index (κ2) is 8.15. The van der Waals surface area contributed by atoms with Crippen LogP contribution in [0.3, 0.4) is 0 Å². The summed E-state index contributed by atoms with van der Waals surface area (Å²) in [5.41, 5.74) is 1.34. The minimum absolute atomic E-state index is 0.143. The average Bonchev–Trinajstić information content (AvgIpc) is 3.30. The van der Waals surface area contributed by atoms with Crippen molar-refractivity contribution in [1.29, 1.82) is 0 Å². The topological polar surface area (TPSA) is 93.0 Å². The molecule has 5 rings (SSSR count). The van der Waals surface area contributed by atoms with Gasteiger partial charge in [-0.1, -0.05) is 47.5 Å². The second-order valence-corrected chi connectivity index (χ2v) is 8.45. The zero-order valence-corrected chi connectivity index (χ0v) is 18.3. The largest absolute Gasteiger partial charge is 0.273 e. The Labute approximate surface area is 198 Å². The number of imide groups is 1. The lowest BCUT2D eigenvalue weighted by Crippen LogP contribution is -2.37. The number of halogens is 2. The number of nitro benzene ring substituents is 1. The standard InChI is InChI=1S/C23H15Cl2N3O5/c24-13-6-11-17(18(25)12-13)20-19-21(33-27(20)15-4-2-1-3-5-15)23(30)26(22(19)29)14-7-9-16(10-8-14)28(31)32/h1-12,19-21H/t19-,20-,21+/m0/s1. The molecule has 8 nitrogen and oxygen atoms in total. The Morgan fingerprint density at radius 1 is 0.879 bits per heavy atom. The van der Waals surface area contributed by atoms with E-state index in [1.807, 2.05) is 18.2 Å². The Balaban J connectivity index is 1.58. The number of carbonyl (C=O) groups excluding carboxylic acids is 2. The molecule has 0 aliphatic carbocycles. The summed E-state index contributed by atoms with van der Waals surface area (Å²) >= 11 is 12.6. The first-order valence-electron chi connectivity index (χ1n) is 9.95. The number of benzene rings is 3. The van der Waals surface area contributed by atoms with Crippen LogP contribution >= 0.6 is 23.2 Å². The Morgan fingerprint density at radius 2 is 1.58 bits per heavy atom. The highest BCUT2D eigenvalue weighted by molar-refractivity contribution is 6.35. The average molecular weight is 484 g/mol. The molecule has 2 aliphatic rings. The first-order valence-corrected chi connectivity index (χ1v) is 10.7. The summed E-state index contributed by atoms with van der Waals surface area (Å²) < 4.78 is 0. The van der Waals surface area contributed by atoms with Crippen molar-refractivity contribution in [2.24, 2.45) is 5.92 Å². The van der Waals surface area contributed by atoms with Crippen molar-refractivity contribution in [1.82, 2.24) is 0 Å². The third kappa shape index (κ3) is 3.52. The molecular formula is C23H15Cl2N3O5. The van der Waals surface area contributed by atoms with Crippen molar-refractivity contribution >= 4 is 52.1 Å². The number of hydrogen-bond donors (Lipinski definition) is 0. The molecule has 3 aromatic carbocycles. The quantitative estimate of drug-likeness (QED) is 0.296. The number of hydrogen-bond acceptors (Lipinski definition) is 6. The summed E-state index contributed by atoms with van der Waals surface area (Å²) in [5.74, 6) is -1.91. The summed E-state index contributed by atoms with van der Waals surface area (Å²) in [5, 5.41) is 13.3. The molecule has 0 aromatic heterocycles. The van der Waals surface area contributed by atoms with Gasteiger partial charge in [0.05, 0.1) is 22.3 Å². The molecule has 2 aliphatic heterocycles. The lowest BCUT2D eigenvalue weighted by Gasteiger charge is -2.29. The second-order valence-electron chi connectivity index (χ2n) is 7.61. The normalized spacial score (nSPS) is 22.1. The van der Waals surface area contributed by atoms with E-state index in [-0.39, 0.29) is 11.4 Å². The molecule has 2 saturated heterocycles. The van der Waals surface area contributed by atoms with Gasteiger partial charge in [0.15, 0.2) is 6.10 Å². The van der Waals surface area contributed by atoms with Gasteiger partial charge in [-0.05, 0) is 42.0 Å². The van der Waals surface area contributed by atoms with E-state index in [0.29, 0.717) is 21.3 Å². The molecule has 0 N–H and O–H groups in total. The SMILES string of the molecule is O=C1[C@@H]2[C@@H](ON(c3ccccc3)[C@H]2c2ccc(Cl)cc2Cl)C(=O)N1c1ccc([N+](=O)[O-])cc1. The highest BCUT2D eigenvalue weighted by atomic mass is 35.5. The smallest absolute Gasteiger partial charge is 0.269 e. The highest BCUT2D eigenvalue weighted by Gasteiger charge is 2.60. The molecule has 2 amide bonds. The zero-order chi connectivity index (χ0) is 23.3. The third-order valence-electron chi connectivity index (χ3n) is 5.73. The summed E-state index contributed by atoms with van der Waals surface area (Å²) in [4.78, 5) is 44.3. The fourth-order valence-electron chi connectivity index (χ4n) is 4.25. The highest BCUT2D eigenvalue weighted by Crippen LogP contribution is 2.49. The molecule has 0 saturated carbocycles. The summed E-state index contributed by atoms with van der Waals surface area (Å²) in [7, 11) is 0. The fraction of sp³-hybridized carbons (Fsp3) is 0.130. The molecule has 2 fully saturated rings. The molecule has 0 unspecified atom stereocenters. The van der Waals surface area contributed by atoms with Crippen LogP contribution in [0.2, 0.25) is 10.0 Å². The maximum Gasteiger partial charge on any atom is 0.269 e. The van der Waals surface area contributed by atoms with E-state index in [1.54, 1.807) is 30.3 Å². The molecule has 10 heteroatoms. The number of nitrogens with zero attached hydrogens (tertiary/aromatic N) is 3. The van der Waals surface area contributed by atoms with Crippen LogP contribution in [0, 0.1) is 16.0 Å². The Morgan fingerprint density at radius 3 is 2.21 bits per heavy atom. The van der Waals surface area contributed by atoms with E-state index in [2.05, 4.69) is 0 Å². The maximum absolute atomic E-state index is 13.6. The first-order chi connectivity index (χ1) is 15.9.